The van der Waals surface area contributed by atoms with E-state index in [4.69, 9.17) is 4.74 Å². The van der Waals surface area contributed by atoms with Crippen LogP contribution in [0, 0.1) is 11.8 Å². The maximum Gasteiger partial charge on any atom is 0.243 e. The van der Waals surface area contributed by atoms with Gasteiger partial charge < -0.3 is 9.72 Å². The van der Waals surface area contributed by atoms with E-state index in [1.54, 1.807) is 7.11 Å². The van der Waals surface area contributed by atoms with E-state index in [0.717, 1.165) is 30.5 Å². The molecule has 2 aliphatic carbocycles. The Hall–Kier alpha value is -3.08. The number of nitrogens with one attached hydrogen (secondary N) is 1. The molecule has 2 aromatic carbocycles. The number of carbonyl (C=O) groups excluding carboxylic acids is 2. The minimum atomic E-state index is -0.432. The van der Waals surface area contributed by atoms with Crippen molar-refractivity contribution in [2.75, 3.05) is 12.0 Å². The fourth-order valence-corrected chi connectivity index (χ4v) is 7.07. The van der Waals surface area contributed by atoms with Crippen molar-refractivity contribution >= 4 is 28.4 Å². The molecule has 35 heavy (non-hydrogen) atoms. The molecule has 5 heteroatoms. The molecule has 0 spiro atoms. The van der Waals surface area contributed by atoms with E-state index in [0.29, 0.717) is 17.4 Å². The van der Waals surface area contributed by atoms with Crippen molar-refractivity contribution in [1.82, 2.24) is 4.98 Å². The van der Waals surface area contributed by atoms with Crippen LogP contribution in [0.2, 0.25) is 0 Å². The normalized spacial score (nSPS) is 27.2. The smallest absolute Gasteiger partial charge is 0.243 e. The molecule has 1 saturated carbocycles. The van der Waals surface area contributed by atoms with Crippen LogP contribution in [-0.4, -0.2) is 23.9 Å². The van der Waals surface area contributed by atoms with E-state index in [1.807, 2.05) is 30.3 Å². The first-order valence-electron chi connectivity index (χ1n) is 13.3. The SMILES string of the molecule is COc1ccc(N2C(=O)[C@H]3[C@H]4CCCCCCCCC[C@@H]4c4c([nH]c5ccccc45)[C@@H]3C2=O)cc1. The molecule has 1 N–H and O–H groups in total. The maximum atomic E-state index is 14.1. The quantitative estimate of drug-likeness (QED) is 0.425. The van der Waals surface area contributed by atoms with Crippen LogP contribution in [0.1, 0.15) is 80.9 Å². The van der Waals surface area contributed by atoms with Gasteiger partial charge in [0.15, 0.2) is 0 Å². The number of benzene rings is 2. The Balaban J connectivity index is 1.49. The number of hydrogen-bond acceptors (Lipinski definition) is 3. The molecule has 2 heterocycles. The van der Waals surface area contributed by atoms with E-state index >= 15 is 0 Å². The van der Waals surface area contributed by atoms with Crippen molar-refractivity contribution in [2.24, 2.45) is 11.8 Å². The summed E-state index contributed by atoms with van der Waals surface area (Å²) in [4.78, 5) is 33.1. The fourth-order valence-electron chi connectivity index (χ4n) is 7.07. The molecule has 3 aliphatic rings. The fraction of sp³-hybridized carbons (Fsp3) is 0.467. The van der Waals surface area contributed by atoms with Crippen LogP contribution in [0.25, 0.3) is 10.9 Å². The second kappa shape index (κ2) is 9.18. The Bertz CT molecular complexity index is 1240. The molecule has 2 fully saturated rings. The van der Waals surface area contributed by atoms with Crippen LogP contribution in [0.15, 0.2) is 48.5 Å². The monoisotopic (exact) mass is 470 g/mol. The summed E-state index contributed by atoms with van der Waals surface area (Å²) in [6.45, 7) is 0. The molecule has 4 atom stereocenters. The third-order valence-electron chi connectivity index (χ3n) is 8.67. The largest absolute Gasteiger partial charge is 0.497 e. The highest BCUT2D eigenvalue weighted by Crippen LogP contribution is 2.56. The topological polar surface area (TPSA) is 62.4 Å². The number of para-hydroxylation sites is 1. The van der Waals surface area contributed by atoms with Crippen LogP contribution in [0.3, 0.4) is 0 Å². The molecule has 0 unspecified atom stereocenters. The Morgan fingerprint density at radius 2 is 1.51 bits per heavy atom. The average molecular weight is 471 g/mol. The number of anilines is 1. The van der Waals surface area contributed by atoms with Gasteiger partial charge in [-0.05, 0) is 60.6 Å². The number of imide groups is 1. The molecular weight excluding hydrogens is 436 g/mol. The average Bonchev–Trinajstić information content (AvgIpc) is 3.36. The number of nitrogens with zero attached hydrogens (tertiary/aromatic N) is 1. The Morgan fingerprint density at radius 1 is 0.829 bits per heavy atom. The van der Waals surface area contributed by atoms with Crippen molar-refractivity contribution < 1.29 is 14.3 Å². The van der Waals surface area contributed by atoms with Crippen molar-refractivity contribution in [2.45, 2.75) is 69.6 Å². The van der Waals surface area contributed by atoms with E-state index in [2.05, 4.69) is 23.2 Å². The van der Waals surface area contributed by atoms with Gasteiger partial charge in [-0.3, -0.25) is 9.59 Å². The summed E-state index contributed by atoms with van der Waals surface area (Å²) >= 11 is 0. The maximum absolute atomic E-state index is 14.1. The minimum Gasteiger partial charge on any atom is -0.497 e. The first-order chi connectivity index (χ1) is 17.2. The van der Waals surface area contributed by atoms with Crippen molar-refractivity contribution in [3.8, 4) is 5.75 Å². The molecule has 1 aromatic heterocycles. The molecule has 182 valence electrons. The van der Waals surface area contributed by atoms with Crippen LogP contribution in [-0.2, 0) is 9.59 Å². The number of amides is 2. The molecule has 3 aromatic rings. The van der Waals surface area contributed by atoms with Gasteiger partial charge >= 0.3 is 0 Å². The van der Waals surface area contributed by atoms with Crippen LogP contribution >= 0.6 is 0 Å². The lowest BCUT2D eigenvalue weighted by atomic mass is 9.63. The second-order valence-corrected chi connectivity index (χ2v) is 10.5. The molecule has 5 nitrogen and oxygen atoms in total. The molecule has 2 amide bonds. The predicted octanol–water partition coefficient (Wildman–Crippen LogP) is 6.69. The summed E-state index contributed by atoms with van der Waals surface area (Å²) in [7, 11) is 1.62. The zero-order valence-electron chi connectivity index (χ0n) is 20.5. The van der Waals surface area contributed by atoms with Crippen LogP contribution < -0.4 is 9.64 Å². The summed E-state index contributed by atoms with van der Waals surface area (Å²) in [6, 6.07) is 15.7. The molecule has 1 saturated heterocycles. The first kappa shape index (κ1) is 22.4. The van der Waals surface area contributed by atoms with Crippen molar-refractivity contribution in [1.29, 1.82) is 0 Å². The number of fused-ring (bicyclic) bond motifs is 8. The molecule has 0 radical (unpaired) electrons. The zero-order valence-corrected chi connectivity index (χ0v) is 20.5. The van der Waals surface area contributed by atoms with Gasteiger partial charge in [-0.1, -0.05) is 63.1 Å². The standard InChI is InChI=1S/C30H34N2O3/c1-35-20-17-15-19(16-18-20)32-29(33)26-22-12-8-6-4-2-3-5-7-11-21(22)25-23-13-9-10-14-24(23)31-28(25)27(26)30(32)34/h9-10,13-18,21-22,26-27,31H,2-8,11-12H2,1H3/t21-,22-,26-,27+/m0/s1. The number of carbonyl (C=O) groups is 2. The Kier molecular flexibility index (Phi) is 5.87. The summed E-state index contributed by atoms with van der Waals surface area (Å²) in [5, 5.41) is 1.23. The van der Waals surface area contributed by atoms with Gasteiger partial charge in [-0.25, -0.2) is 4.90 Å². The van der Waals surface area contributed by atoms with E-state index in [-0.39, 0.29) is 23.7 Å². The van der Waals surface area contributed by atoms with Gasteiger partial charge in [0, 0.05) is 16.6 Å². The van der Waals surface area contributed by atoms with Gasteiger partial charge in [0.05, 0.1) is 24.6 Å². The lowest BCUT2D eigenvalue weighted by molar-refractivity contribution is -0.123. The molecule has 0 bridgehead atoms. The number of methoxy groups -OCH3 is 1. The van der Waals surface area contributed by atoms with E-state index < -0.39 is 5.92 Å². The zero-order chi connectivity index (χ0) is 23.9. The van der Waals surface area contributed by atoms with Crippen LogP contribution in [0.5, 0.6) is 5.75 Å². The Labute approximate surface area is 206 Å². The highest BCUT2D eigenvalue weighted by Gasteiger charge is 2.57. The minimum absolute atomic E-state index is 0.0284. The Morgan fingerprint density at radius 3 is 2.26 bits per heavy atom. The molecule has 1 aliphatic heterocycles. The van der Waals surface area contributed by atoms with Gasteiger partial charge in [-0.15, -0.1) is 0 Å². The highest BCUT2D eigenvalue weighted by atomic mass is 16.5. The van der Waals surface area contributed by atoms with Crippen LogP contribution in [0.4, 0.5) is 5.69 Å². The summed E-state index contributed by atoms with van der Waals surface area (Å²) in [5.41, 5.74) is 4.01. The summed E-state index contributed by atoms with van der Waals surface area (Å²) in [5.74, 6) is 0.378. The number of aromatic nitrogens is 1. The number of rotatable bonds is 2. The molecule has 6 rings (SSSR count). The first-order valence-corrected chi connectivity index (χ1v) is 13.3. The lowest BCUT2D eigenvalue weighted by Crippen LogP contribution is -2.36. The third kappa shape index (κ3) is 3.67. The predicted molar refractivity (Wildman–Crippen MR) is 138 cm³/mol. The van der Waals surface area contributed by atoms with Crippen molar-refractivity contribution in [3.05, 3.63) is 59.8 Å². The second-order valence-electron chi connectivity index (χ2n) is 10.5. The van der Waals surface area contributed by atoms with E-state index in [1.165, 1.54) is 54.4 Å². The van der Waals surface area contributed by atoms with Gasteiger partial charge in [0.25, 0.3) is 0 Å². The number of hydrogen-bond donors (Lipinski definition) is 1. The number of ether oxygens (including phenoxy) is 1. The van der Waals surface area contributed by atoms with Crippen molar-refractivity contribution in [3.63, 3.8) is 0 Å². The number of H-pyrrole nitrogens is 1. The van der Waals surface area contributed by atoms with Gasteiger partial charge in [-0.2, -0.15) is 0 Å². The highest BCUT2D eigenvalue weighted by molar-refractivity contribution is 6.24. The number of aromatic amines is 1. The summed E-state index contributed by atoms with van der Waals surface area (Å²) in [6.07, 6.45) is 10.8. The molecular formula is C30H34N2O3. The third-order valence-corrected chi connectivity index (χ3v) is 8.67. The van der Waals surface area contributed by atoms with E-state index in [9.17, 15) is 9.59 Å². The van der Waals surface area contributed by atoms with Gasteiger partial charge in [0.1, 0.15) is 5.75 Å². The lowest BCUT2D eigenvalue weighted by Gasteiger charge is -2.38. The van der Waals surface area contributed by atoms with Gasteiger partial charge in [0.2, 0.25) is 11.8 Å². The summed E-state index contributed by atoms with van der Waals surface area (Å²) < 4.78 is 5.30.